The maximum absolute atomic E-state index is 5.21. The van der Waals surface area contributed by atoms with Crippen LogP contribution in [0.1, 0.15) is 5.69 Å². The number of nitrogens with zero attached hydrogens (tertiary/aromatic N) is 2. The lowest BCUT2D eigenvalue weighted by molar-refractivity contribution is 0.415. The Morgan fingerprint density at radius 1 is 1.33 bits per heavy atom. The lowest BCUT2D eigenvalue weighted by Gasteiger charge is -2.10. The van der Waals surface area contributed by atoms with Crippen molar-refractivity contribution in [3.8, 4) is 5.75 Å². The fourth-order valence-corrected chi connectivity index (χ4v) is 2.07. The SMILES string of the molecule is COc1ccc2c(c1)cc1n2CCN=C1. The predicted octanol–water partition coefficient (Wildman–Crippen LogP) is 2.08. The zero-order chi connectivity index (χ0) is 10.3. The molecule has 3 nitrogen and oxygen atoms in total. The van der Waals surface area contributed by atoms with E-state index in [1.54, 1.807) is 7.11 Å². The molecule has 0 saturated carbocycles. The molecule has 0 atom stereocenters. The Balaban J connectivity index is 2.28. The number of methoxy groups -OCH3 is 1. The summed E-state index contributed by atoms with van der Waals surface area (Å²) in [7, 11) is 1.69. The summed E-state index contributed by atoms with van der Waals surface area (Å²) in [5.74, 6) is 0.905. The molecular weight excluding hydrogens is 188 g/mol. The van der Waals surface area contributed by atoms with E-state index in [0.717, 1.165) is 18.8 Å². The maximum Gasteiger partial charge on any atom is 0.119 e. The molecule has 2 heterocycles. The maximum atomic E-state index is 5.21. The zero-order valence-electron chi connectivity index (χ0n) is 8.60. The average Bonchev–Trinajstić information content (AvgIpc) is 2.66. The molecule has 1 aromatic carbocycles. The lowest BCUT2D eigenvalue weighted by Crippen LogP contribution is -2.09. The average molecular weight is 200 g/mol. The molecule has 0 fully saturated rings. The fourth-order valence-electron chi connectivity index (χ4n) is 2.07. The molecule has 0 radical (unpaired) electrons. The van der Waals surface area contributed by atoms with Crippen molar-refractivity contribution >= 4 is 17.1 Å². The number of hydrogen-bond acceptors (Lipinski definition) is 2. The number of rotatable bonds is 1. The molecule has 0 unspecified atom stereocenters. The van der Waals surface area contributed by atoms with Crippen molar-refractivity contribution in [1.29, 1.82) is 0 Å². The van der Waals surface area contributed by atoms with Gasteiger partial charge in [0.25, 0.3) is 0 Å². The van der Waals surface area contributed by atoms with E-state index in [0.29, 0.717) is 0 Å². The van der Waals surface area contributed by atoms with Crippen LogP contribution < -0.4 is 4.74 Å². The van der Waals surface area contributed by atoms with E-state index in [1.807, 2.05) is 12.3 Å². The number of ether oxygens (including phenoxy) is 1. The number of hydrogen-bond donors (Lipinski definition) is 0. The second-order valence-corrected chi connectivity index (χ2v) is 3.68. The summed E-state index contributed by atoms with van der Waals surface area (Å²) in [5.41, 5.74) is 2.45. The van der Waals surface area contributed by atoms with Gasteiger partial charge in [-0.2, -0.15) is 0 Å². The van der Waals surface area contributed by atoms with Crippen molar-refractivity contribution in [3.63, 3.8) is 0 Å². The highest BCUT2D eigenvalue weighted by atomic mass is 16.5. The Bertz CT molecular complexity index is 540. The van der Waals surface area contributed by atoms with Gasteiger partial charge in [0.15, 0.2) is 0 Å². The molecule has 0 spiro atoms. The molecule has 0 bridgehead atoms. The van der Waals surface area contributed by atoms with Crippen LogP contribution in [0, 0.1) is 0 Å². The third-order valence-electron chi connectivity index (χ3n) is 2.82. The van der Waals surface area contributed by atoms with Crippen LogP contribution in [0.25, 0.3) is 10.9 Å². The van der Waals surface area contributed by atoms with Crippen LogP contribution in [-0.4, -0.2) is 24.4 Å². The molecule has 1 aromatic heterocycles. The second-order valence-electron chi connectivity index (χ2n) is 3.68. The van der Waals surface area contributed by atoms with Crippen LogP contribution in [-0.2, 0) is 6.54 Å². The van der Waals surface area contributed by atoms with Crippen LogP contribution in [0.15, 0.2) is 29.3 Å². The molecule has 0 N–H and O–H groups in total. The molecule has 76 valence electrons. The predicted molar refractivity (Wildman–Crippen MR) is 61.0 cm³/mol. The summed E-state index contributed by atoms with van der Waals surface area (Å²) >= 11 is 0. The van der Waals surface area contributed by atoms with E-state index >= 15 is 0 Å². The van der Waals surface area contributed by atoms with E-state index in [9.17, 15) is 0 Å². The van der Waals surface area contributed by atoms with Gasteiger partial charge in [0.05, 0.1) is 19.3 Å². The Labute approximate surface area is 88.0 Å². The fraction of sp³-hybridized carbons (Fsp3) is 0.250. The number of benzene rings is 1. The Morgan fingerprint density at radius 2 is 2.27 bits per heavy atom. The van der Waals surface area contributed by atoms with Gasteiger partial charge in [-0.3, -0.25) is 4.99 Å². The lowest BCUT2D eigenvalue weighted by atomic mass is 10.2. The smallest absolute Gasteiger partial charge is 0.119 e. The minimum atomic E-state index is 0.878. The van der Waals surface area contributed by atoms with Gasteiger partial charge >= 0.3 is 0 Å². The van der Waals surface area contributed by atoms with Crippen LogP contribution in [0.2, 0.25) is 0 Å². The molecule has 0 amide bonds. The normalized spacial score (nSPS) is 14.2. The third kappa shape index (κ3) is 1.23. The molecule has 3 rings (SSSR count). The van der Waals surface area contributed by atoms with E-state index in [4.69, 9.17) is 4.74 Å². The summed E-state index contributed by atoms with van der Waals surface area (Å²) < 4.78 is 7.50. The molecule has 3 heteroatoms. The van der Waals surface area contributed by atoms with Crippen molar-refractivity contribution in [3.05, 3.63) is 30.0 Å². The molecule has 15 heavy (non-hydrogen) atoms. The van der Waals surface area contributed by atoms with Crippen LogP contribution in [0.5, 0.6) is 5.75 Å². The Kier molecular flexibility index (Phi) is 1.78. The van der Waals surface area contributed by atoms with Gasteiger partial charge in [-0.15, -0.1) is 0 Å². The Hall–Kier alpha value is -1.77. The van der Waals surface area contributed by atoms with Crippen LogP contribution in [0.4, 0.5) is 0 Å². The highest BCUT2D eigenvalue weighted by Crippen LogP contribution is 2.24. The Morgan fingerprint density at radius 3 is 3.13 bits per heavy atom. The first-order valence-corrected chi connectivity index (χ1v) is 5.05. The van der Waals surface area contributed by atoms with E-state index in [-0.39, 0.29) is 0 Å². The zero-order valence-corrected chi connectivity index (χ0v) is 8.60. The molecule has 0 aliphatic carbocycles. The quantitative estimate of drug-likeness (QED) is 0.692. The van der Waals surface area contributed by atoms with Crippen molar-refractivity contribution < 1.29 is 4.74 Å². The second kappa shape index (κ2) is 3.12. The summed E-state index contributed by atoms with van der Waals surface area (Å²) in [5, 5.41) is 1.22. The summed E-state index contributed by atoms with van der Waals surface area (Å²) in [4.78, 5) is 4.28. The first kappa shape index (κ1) is 8.53. The summed E-state index contributed by atoms with van der Waals surface area (Å²) in [6.45, 7) is 1.85. The first-order chi connectivity index (χ1) is 7.38. The molecule has 2 aromatic rings. The van der Waals surface area contributed by atoms with Gasteiger partial charge in [-0.25, -0.2) is 0 Å². The van der Waals surface area contributed by atoms with Crippen molar-refractivity contribution in [2.45, 2.75) is 6.54 Å². The molecule has 1 aliphatic heterocycles. The van der Waals surface area contributed by atoms with Gasteiger partial charge in [0.1, 0.15) is 5.75 Å². The van der Waals surface area contributed by atoms with E-state index in [2.05, 4.69) is 27.8 Å². The van der Waals surface area contributed by atoms with Gasteiger partial charge in [0.2, 0.25) is 0 Å². The highest BCUT2D eigenvalue weighted by Gasteiger charge is 2.09. The van der Waals surface area contributed by atoms with Crippen molar-refractivity contribution in [2.75, 3.05) is 13.7 Å². The van der Waals surface area contributed by atoms with Gasteiger partial charge in [-0.05, 0) is 24.3 Å². The highest BCUT2D eigenvalue weighted by molar-refractivity contribution is 5.91. The topological polar surface area (TPSA) is 26.5 Å². The molecule has 1 aliphatic rings. The van der Waals surface area contributed by atoms with Crippen LogP contribution >= 0.6 is 0 Å². The standard InChI is InChI=1S/C12H12N2O/c1-15-11-2-3-12-9(7-11)6-10-8-13-4-5-14(10)12/h2-3,6-8H,4-5H2,1H3. The monoisotopic (exact) mass is 200 g/mol. The van der Waals surface area contributed by atoms with Gasteiger partial charge < -0.3 is 9.30 Å². The molecular formula is C12H12N2O. The number of aromatic nitrogens is 1. The van der Waals surface area contributed by atoms with Crippen LogP contribution in [0.3, 0.4) is 0 Å². The minimum Gasteiger partial charge on any atom is -0.497 e. The van der Waals surface area contributed by atoms with Crippen molar-refractivity contribution in [2.24, 2.45) is 4.99 Å². The van der Waals surface area contributed by atoms with E-state index < -0.39 is 0 Å². The minimum absolute atomic E-state index is 0.878. The van der Waals surface area contributed by atoms with Gasteiger partial charge in [-0.1, -0.05) is 0 Å². The largest absolute Gasteiger partial charge is 0.497 e. The molecule has 0 saturated heterocycles. The summed E-state index contributed by atoms with van der Waals surface area (Å²) in [6.07, 6.45) is 1.94. The summed E-state index contributed by atoms with van der Waals surface area (Å²) in [6, 6.07) is 8.33. The number of aliphatic imine (C=N–C) groups is 1. The first-order valence-electron chi connectivity index (χ1n) is 5.05. The number of fused-ring (bicyclic) bond motifs is 3. The van der Waals surface area contributed by atoms with E-state index in [1.165, 1.54) is 16.6 Å². The van der Waals surface area contributed by atoms with Gasteiger partial charge in [0, 0.05) is 23.7 Å². The van der Waals surface area contributed by atoms with Crippen molar-refractivity contribution in [1.82, 2.24) is 4.57 Å². The third-order valence-corrected chi connectivity index (χ3v) is 2.82.